The molecule has 3 rings (SSSR count). The molecule has 2 aliphatic heterocycles. The number of hydrogen-bond donors (Lipinski definition) is 3. The van der Waals surface area contributed by atoms with Gasteiger partial charge in [-0.15, -0.1) is 12.4 Å². The van der Waals surface area contributed by atoms with Gasteiger partial charge < -0.3 is 16.0 Å². The molecule has 0 aromatic carbocycles. The highest BCUT2D eigenvalue weighted by molar-refractivity contribution is 7.91. The highest BCUT2D eigenvalue weighted by atomic mass is 35.5. The maximum atomic E-state index is 12.2. The van der Waals surface area contributed by atoms with E-state index in [0.717, 1.165) is 12.8 Å². The lowest BCUT2D eigenvalue weighted by atomic mass is 9.85. The van der Waals surface area contributed by atoms with E-state index in [4.69, 9.17) is 0 Å². The van der Waals surface area contributed by atoms with Crippen LogP contribution < -0.4 is 16.0 Å². The molecule has 7 nitrogen and oxygen atoms in total. The zero-order valence-corrected chi connectivity index (χ0v) is 16.0. The minimum atomic E-state index is -2.99. The van der Waals surface area contributed by atoms with Crippen LogP contribution in [-0.2, 0) is 19.4 Å². The van der Waals surface area contributed by atoms with Crippen molar-refractivity contribution in [1.82, 2.24) is 16.0 Å². The van der Waals surface area contributed by atoms with E-state index >= 15 is 0 Å². The summed E-state index contributed by atoms with van der Waals surface area (Å²) in [6.07, 6.45) is 6.41. The summed E-state index contributed by atoms with van der Waals surface area (Å²) in [4.78, 5) is 24.1. The second-order valence-corrected chi connectivity index (χ2v) is 9.54. The standard InChI is InChI=1S/C16H27N3O4S.ClH/c20-15(18-12-6-8-24(22,23)10-12)5-7-17-16(21)14-9-11-3-1-2-4-13(11)19-14;/h11-14,19H,1-10H2,(H,17,21)(H,18,20);1H. The van der Waals surface area contributed by atoms with Crippen LogP contribution in [0.1, 0.15) is 44.9 Å². The average molecular weight is 394 g/mol. The SMILES string of the molecule is Cl.O=C(CCNC(=O)C1CC2CCCCC2N1)NC1CCS(=O)(=O)C1. The lowest BCUT2D eigenvalue weighted by Crippen LogP contribution is -2.44. The molecule has 3 aliphatic rings. The number of halogens is 1. The van der Waals surface area contributed by atoms with Crippen molar-refractivity contribution in [3.05, 3.63) is 0 Å². The molecule has 9 heteroatoms. The van der Waals surface area contributed by atoms with E-state index in [9.17, 15) is 18.0 Å². The maximum absolute atomic E-state index is 12.2. The lowest BCUT2D eigenvalue weighted by molar-refractivity contribution is -0.123. The van der Waals surface area contributed by atoms with E-state index in [1.54, 1.807) is 0 Å². The van der Waals surface area contributed by atoms with Gasteiger partial charge in [0, 0.05) is 25.0 Å². The first-order valence-electron chi connectivity index (χ1n) is 8.96. The summed E-state index contributed by atoms with van der Waals surface area (Å²) in [7, 11) is -2.99. The highest BCUT2D eigenvalue weighted by Gasteiger charge is 2.38. The fraction of sp³-hybridized carbons (Fsp3) is 0.875. The Labute approximate surface area is 155 Å². The maximum Gasteiger partial charge on any atom is 0.237 e. The zero-order valence-electron chi connectivity index (χ0n) is 14.3. The molecule has 0 radical (unpaired) electrons. The molecule has 1 aliphatic carbocycles. The third-order valence-electron chi connectivity index (χ3n) is 5.43. The number of nitrogens with one attached hydrogen (secondary N) is 3. The molecule has 0 aromatic heterocycles. The Bertz CT molecular complexity index is 584. The second-order valence-electron chi connectivity index (χ2n) is 7.31. The van der Waals surface area contributed by atoms with Crippen LogP contribution in [0, 0.1) is 5.92 Å². The van der Waals surface area contributed by atoms with Crippen molar-refractivity contribution in [2.75, 3.05) is 18.1 Å². The summed E-state index contributed by atoms with van der Waals surface area (Å²) in [5, 5.41) is 8.98. The number of rotatable bonds is 5. The Kier molecular flexibility index (Phi) is 7.10. The van der Waals surface area contributed by atoms with Crippen LogP contribution in [0.4, 0.5) is 0 Å². The smallest absolute Gasteiger partial charge is 0.237 e. The van der Waals surface area contributed by atoms with Gasteiger partial charge in [-0.05, 0) is 31.6 Å². The molecule has 4 unspecified atom stereocenters. The molecule has 0 bridgehead atoms. The predicted molar refractivity (Wildman–Crippen MR) is 97.4 cm³/mol. The molecular weight excluding hydrogens is 366 g/mol. The van der Waals surface area contributed by atoms with Crippen molar-refractivity contribution >= 4 is 34.1 Å². The van der Waals surface area contributed by atoms with Crippen LogP contribution in [0.2, 0.25) is 0 Å². The molecule has 2 saturated heterocycles. The van der Waals surface area contributed by atoms with Crippen LogP contribution in [0.25, 0.3) is 0 Å². The highest BCUT2D eigenvalue weighted by Crippen LogP contribution is 2.33. The van der Waals surface area contributed by atoms with Crippen LogP contribution >= 0.6 is 12.4 Å². The molecule has 0 aromatic rings. The van der Waals surface area contributed by atoms with Gasteiger partial charge in [0.25, 0.3) is 0 Å². The van der Waals surface area contributed by atoms with Crippen molar-refractivity contribution in [1.29, 1.82) is 0 Å². The second kappa shape index (κ2) is 8.68. The van der Waals surface area contributed by atoms with Crippen molar-refractivity contribution < 1.29 is 18.0 Å². The summed E-state index contributed by atoms with van der Waals surface area (Å²) >= 11 is 0. The summed E-state index contributed by atoms with van der Waals surface area (Å²) in [5.41, 5.74) is 0. The van der Waals surface area contributed by atoms with Gasteiger partial charge in [0.15, 0.2) is 9.84 Å². The lowest BCUT2D eigenvalue weighted by Gasteiger charge is -2.24. The van der Waals surface area contributed by atoms with Gasteiger partial charge >= 0.3 is 0 Å². The molecule has 2 amide bonds. The predicted octanol–water partition coefficient (Wildman–Crippen LogP) is 0.139. The van der Waals surface area contributed by atoms with E-state index in [-0.39, 0.29) is 60.8 Å². The third kappa shape index (κ3) is 5.56. The zero-order chi connectivity index (χ0) is 17.2. The molecule has 3 N–H and O–H groups in total. The monoisotopic (exact) mass is 393 g/mol. The van der Waals surface area contributed by atoms with Gasteiger partial charge in [0.05, 0.1) is 17.5 Å². The summed E-state index contributed by atoms with van der Waals surface area (Å²) in [6, 6.07) is 0.0566. The van der Waals surface area contributed by atoms with Crippen LogP contribution in [0.5, 0.6) is 0 Å². The molecule has 3 fully saturated rings. The van der Waals surface area contributed by atoms with Crippen LogP contribution in [0.3, 0.4) is 0 Å². The molecular formula is C16H28ClN3O4S. The Morgan fingerprint density at radius 2 is 1.88 bits per heavy atom. The van der Waals surface area contributed by atoms with Gasteiger partial charge in [-0.2, -0.15) is 0 Å². The van der Waals surface area contributed by atoms with Gasteiger partial charge in [0.2, 0.25) is 11.8 Å². The van der Waals surface area contributed by atoms with E-state index in [2.05, 4.69) is 16.0 Å². The number of hydrogen-bond acceptors (Lipinski definition) is 5. The van der Waals surface area contributed by atoms with Gasteiger partial charge in [-0.3, -0.25) is 9.59 Å². The summed E-state index contributed by atoms with van der Waals surface area (Å²) in [6.45, 7) is 0.289. The van der Waals surface area contributed by atoms with E-state index in [0.29, 0.717) is 18.4 Å². The van der Waals surface area contributed by atoms with Gasteiger partial charge in [-0.25, -0.2) is 8.42 Å². The minimum absolute atomic E-state index is 0. The quantitative estimate of drug-likeness (QED) is 0.616. The van der Waals surface area contributed by atoms with Crippen molar-refractivity contribution in [2.45, 2.75) is 63.1 Å². The molecule has 1 saturated carbocycles. The van der Waals surface area contributed by atoms with Crippen LogP contribution in [0.15, 0.2) is 0 Å². The topological polar surface area (TPSA) is 104 Å². The van der Waals surface area contributed by atoms with Crippen molar-refractivity contribution in [3.8, 4) is 0 Å². The molecule has 2 heterocycles. The Morgan fingerprint density at radius 1 is 1.12 bits per heavy atom. The molecule has 25 heavy (non-hydrogen) atoms. The largest absolute Gasteiger partial charge is 0.354 e. The van der Waals surface area contributed by atoms with E-state index in [1.807, 2.05) is 0 Å². The molecule has 4 atom stereocenters. The minimum Gasteiger partial charge on any atom is -0.354 e. The van der Waals surface area contributed by atoms with Gasteiger partial charge in [0.1, 0.15) is 0 Å². The number of amides is 2. The number of carbonyl (C=O) groups is 2. The average Bonchev–Trinajstić information content (AvgIpc) is 3.10. The first-order valence-corrected chi connectivity index (χ1v) is 10.8. The first kappa shape index (κ1) is 20.5. The Morgan fingerprint density at radius 3 is 2.56 bits per heavy atom. The fourth-order valence-corrected chi connectivity index (χ4v) is 5.83. The molecule has 0 spiro atoms. The van der Waals surface area contributed by atoms with E-state index in [1.165, 1.54) is 19.3 Å². The summed E-state index contributed by atoms with van der Waals surface area (Å²) in [5.74, 6) is 0.553. The van der Waals surface area contributed by atoms with Gasteiger partial charge in [-0.1, -0.05) is 12.8 Å². The number of fused-ring (bicyclic) bond motifs is 1. The van der Waals surface area contributed by atoms with Crippen molar-refractivity contribution in [2.24, 2.45) is 5.92 Å². The Hall–Kier alpha value is -0.860. The normalized spacial score (nSPS) is 33.1. The number of sulfone groups is 1. The van der Waals surface area contributed by atoms with E-state index < -0.39 is 9.84 Å². The van der Waals surface area contributed by atoms with Crippen molar-refractivity contribution in [3.63, 3.8) is 0 Å². The summed E-state index contributed by atoms with van der Waals surface area (Å²) < 4.78 is 22.7. The third-order valence-corrected chi connectivity index (χ3v) is 7.20. The number of carbonyl (C=O) groups excluding carboxylic acids is 2. The first-order chi connectivity index (χ1) is 11.4. The van der Waals surface area contributed by atoms with Crippen LogP contribution in [-0.4, -0.2) is 56.4 Å². The Balaban J connectivity index is 0.00000225. The molecule has 144 valence electrons. The fourth-order valence-electron chi connectivity index (χ4n) is 4.15.